The number of nitrogen functional groups attached to an aromatic ring is 1. The van der Waals surface area contributed by atoms with E-state index in [2.05, 4.69) is 20.6 Å². The molecule has 1 amide bonds. The van der Waals surface area contributed by atoms with Crippen molar-refractivity contribution in [2.45, 2.75) is 12.6 Å². The Morgan fingerprint density at radius 1 is 1.26 bits per heavy atom. The van der Waals surface area contributed by atoms with E-state index in [1.54, 1.807) is 4.90 Å². The number of nitrogens with one attached hydrogen (secondary N) is 2. The van der Waals surface area contributed by atoms with Gasteiger partial charge in [0.2, 0.25) is 0 Å². The fourth-order valence-electron chi connectivity index (χ4n) is 3.23. The van der Waals surface area contributed by atoms with Gasteiger partial charge in [-0.25, -0.2) is 13.8 Å². The Bertz CT molecular complexity index is 1070. The van der Waals surface area contributed by atoms with Crippen molar-refractivity contribution in [2.24, 2.45) is 10.7 Å². The molecular weight excluding hydrogens is 481 g/mol. The van der Waals surface area contributed by atoms with E-state index in [4.69, 9.17) is 11.5 Å². The number of rotatable bonds is 5. The van der Waals surface area contributed by atoms with E-state index in [9.17, 15) is 26.7 Å². The summed E-state index contributed by atoms with van der Waals surface area (Å²) in [6, 6.07) is 3.24. The lowest BCUT2D eigenvalue weighted by Crippen LogP contribution is -2.41. The summed E-state index contributed by atoms with van der Waals surface area (Å²) in [6.45, 7) is 0.399. The third kappa shape index (κ3) is 6.20. The molecule has 3 rings (SSSR count). The zero-order valence-corrected chi connectivity index (χ0v) is 18.6. The number of benzene rings is 1. The Labute approximate surface area is 195 Å². The number of nitrogens with two attached hydrogens (primary N) is 2. The summed E-state index contributed by atoms with van der Waals surface area (Å²) in [4.78, 5) is 22.1. The molecule has 1 aliphatic rings. The number of amidine groups is 1. The van der Waals surface area contributed by atoms with Gasteiger partial charge in [-0.1, -0.05) is 17.4 Å². The van der Waals surface area contributed by atoms with Gasteiger partial charge in [0, 0.05) is 25.8 Å². The highest BCUT2D eigenvalue weighted by Gasteiger charge is 2.29. The topological polar surface area (TPSA) is 122 Å². The number of aromatic nitrogens is 1. The quantitative estimate of drug-likeness (QED) is 0.283. The fourth-order valence-corrected chi connectivity index (χ4v) is 4.11. The molecule has 34 heavy (non-hydrogen) atoms. The van der Waals surface area contributed by atoms with Crippen LogP contribution >= 0.6 is 11.3 Å². The normalized spacial score (nSPS) is 15.9. The Balaban J connectivity index is 1.89. The monoisotopic (exact) mass is 503 g/mol. The van der Waals surface area contributed by atoms with Crippen molar-refractivity contribution in [3.8, 4) is 10.6 Å². The van der Waals surface area contributed by atoms with E-state index >= 15 is 0 Å². The van der Waals surface area contributed by atoms with E-state index in [0.29, 0.717) is 43.9 Å². The van der Waals surface area contributed by atoms with Crippen LogP contribution < -0.4 is 22.1 Å². The highest BCUT2D eigenvalue weighted by atomic mass is 32.1. The van der Waals surface area contributed by atoms with Gasteiger partial charge in [0.25, 0.3) is 5.91 Å². The first-order chi connectivity index (χ1) is 16.1. The molecule has 0 unspecified atom stereocenters. The number of alkyl halides is 3. The minimum Gasteiger partial charge on any atom is -0.403 e. The third-order valence-corrected chi connectivity index (χ3v) is 5.65. The van der Waals surface area contributed by atoms with Gasteiger partial charge in [0.15, 0.2) is 5.69 Å². The minimum absolute atomic E-state index is 0.140. The smallest absolute Gasteiger partial charge is 0.403 e. The molecule has 184 valence electrons. The van der Waals surface area contributed by atoms with Crippen molar-refractivity contribution in [3.63, 3.8) is 0 Å². The van der Waals surface area contributed by atoms with Crippen LogP contribution in [-0.4, -0.2) is 60.5 Å². The SMILES string of the molecule is NC=C(NC(=O)c1nc(-c2c(F)cccc2F)sc1N)C(=NCC(F)(F)F)N1CCCNCC1. The maximum Gasteiger partial charge on any atom is 0.408 e. The Morgan fingerprint density at radius 3 is 2.62 bits per heavy atom. The maximum absolute atomic E-state index is 14.1. The summed E-state index contributed by atoms with van der Waals surface area (Å²) in [6.07, 6.45) is -3.02. The summed E-state index contributed by atoms with van der Waals surface area (Å²) in [5.74, 6) is -2.84. The van der Waals surface area contributed by atoms with Crippen molar-refractivity contribution >= 4 is 28.1 Å². The third-order valence-electron chi connectivity index (χ3n) is 4.75. The first-order valence-corrected chi connectivity index (χ1v) is 10.9. The number of anilines is 1. The van der Waals surface area contributed by atoms with Gasteiger partial charge < -0.3 is 27.0 Å². The van der Waals surface area contributed by atoms with E-state index in [0.717, 1.165) is 18.3 Å². The van der Waals surface area contributed by atoms with E-state index in [1.807, 2.05) is 0 Å². The van der Waals surface area contributed by atoms with Crippen LogP contribution in [0.4, 0.5) is 27.0 Å². The molecular formula is C20H22F5N7OS. The number of hydrogen-bond acceptors (Lipinski definition) is 7. The van der Waals surface area contributed by atoms with Crippen molar-refractivity contribution in [2.75, 3.05) is 38.5 Å². The number of carbonyl (C=O) groups excluding carboxylic acids is 1. The average Bonchev–Trinajstić information content (AvgIpc) is 2.96. The van der Waals surface area contributed by atoms with Crippen LogP contribution in [-0.2, 0) is 0 Å². The second-order valence-corrected chi connectivity index (χ2v) is 8.24. The van der Waals surface area contributed by atoms with Gasteiger partial charge >= 0.3 is 6.18 Å². The van der Waals surface area contributed by atoms with Crippen molar-refractivity contribution in [3.05, 3.63) is 47.4 Å². The molecule has 1 aromatic heterocycles. The number of nitrogens with zero attached hydrogens (tertiary/aromatic N) is 3. The lowest BCUT2D eigenvalue weighted by atomic mass is 10.2. The molecule has 0 aliphatic carbocycles. The number of thiazole rings is 1. The molecule has 1 aromatic carbocycles. The van der Waals surface area contributed by atoms with Crippen molar-refractivity contribution in [1.29, 1.82) is 0 Å². The van der Waals surface area contributed by atoms with Crippen LogP contribution in [0, 0.1) is 11.6 Å². The van der Waals surface area contributed by atoms with E-state index in [1.165, 1.54) is 6.07 Å². The first kappa shape index (κ1) is 25.4. The second-order valence-electron chi connectivity index (χ2n) is 7.21. The van der Waals surface area contributed by atoms with Crippen LogP contribution in [0.3, 0.4) is 0 Å². The average molecular weight is 504 g/mol. The Kier molecular flexibility index (Phi) is 8.04. The molecule has 1 saturated heterocycles. The number of amides is 1. The first-order valence-electron chi connectivity index (χ1n) is 10.1. The summed E-state index contributed by atoms with van der Waals surface area (Å²) < 4.78 is 66.9. The molecule has 1 aliphatic heterocycles. The van der Waals surface area contributed by atoms with Gasteiger partial charge in [-0.3, -0.25) is 9.79 Å². The predicted molar refractivity (Wildman–Crippen MR) is 119 cm³/mol. The minimum atomic E-state index is -4.57. The van der Waals surface area contributed by atoms with Gasteiger partial charge in [0.1, 0.15) is 34.0 Å². The molecule has 0 atom stereocenters. The molecule has 8 nitrogen and oxygen atoms in total. The molecule has 0 spiro atoms. The van der Waals surface area contributed by atoms with Crippen LogP contribution in [0.5, 0.6) is 0 Å². The molecule has 0 saturated carbocycles. The number of halogens is 5. The molecule has 6 N–H and O–H groups in total. The molecule has 2 aromatic rings. The van der Waals surface area contributed by atoms with Crippen LogP contribution in [0.15, 0.2) is 35.1 Å². The largest absolute Gasteiger partial charge is 0.408 e. The standard InChI is InChI=1S/C20H22F5N7OS/c21-11-3-1-4-12(22)14(11)19-31-15(16(27)34-19)18(33)30-13(9-26)17(29-10-20(23,24)25)32-7-2-5-28-6-8-32/h1,3-4,9,28H,2,5-8,10,26-27H2,(H,30,33). The fraction of sp³-hybridized carbons (Fsp3) is 0.350. The Hall–Kier alpha value is -3.26. The highest BCUT2D eigenvalue weighted by molar-refractivity contribution is 7.19. The number of aliphatic imine (C=N–C) groups is 1. The summed E-state index contributed by atoms with van der Waals surface area (Å²) in [5.41, 5.74) is 10.5. The van der Waals surface area contributed by atoms with Crippen molar-refractivity contribution in [1.82, 2.24) is 20.5 Å². The maximum atomic E-state index is 14.1. The Morgan fingerprint density at radius 2 is 1.97 bits per heavy atom. The lowest BCUT2D eigenvalue weighted by Gasteiger charge is -2.26. The van der Waals surface area contributed by atoms with Crippen LogP contribution in [0.2, 0.25) is 0 Å². The molecule has 0 bridgehead atoms. The molecule has 1 fully saturated rings. The van der Waals surface area contributed by atoms with E-state index in [-0.39, 0.29) is 27.2 Å². The summed E-state index contributed by atoms with van der Waals surface area (Å²) in [5, 5.41) is 5.20. The molecule has 2 heterocycles. The molecule has 0 radical (unpaired) electrons. The number of carbonyl (C=O) groups is 1. The number of hydrogen-bond donors (Lipinski definition) is 4. The van der Waals surface area contributed by atoms with Gasteiger partial charge in [-0.2, -0.15) is 13.2 Å². The second kappa shape index (κ2) is 10.8. The summed E-state index contributed by atoms with van der Waals surface area (Å²) >= 11 is 0.689. The predicted octanol–water partition coefficient (Wildman–Crippen LogP) is 2.46. The zero-order valence-electron chi connectivity index (χ0n) is 17.8. The van der Waals surface area contributed by atoms with Gasteiger partial charge in [-0.15, -0.1) is 0 Å². The van der Waals surface area contributed by atoms with Crippen molar-refractivity contribution < 1.29 is 26.7 Å². The van der Waals surface area contributed by atoms with E-state index < -0.39 is 35.8 Å². The highest BCUT2D eigenvalue weighted by Crippen LogP contribution is 2.33. The van der Waals surface area contributed by atoms with Gasteiger partial charge in [0.05, 0.1) is 11.3 Å². The summed E-state index contributed by atoms with van der Waals surface area (Å²) in [7, 11) is 0. The van der Waals surface area contributed by atoms with Gasteiger partial charge in [-0.05, 0) is 25.1 Å². The lowest BCUT2D eigenvalue weighted by molar-refractivity contribution is -0.118. The van der Waals surface area contributed by atoms with Crippen LogP contribution in [0.25, 0.3) is 10.6 Å². The van der Waals surface area contributed by atoms with Crippen LogP contribution in [0.1, 0.15) is 16.9 Å². The zero-order chi connectivity index (χ0) is 24.9. The molecule has 14 heteroatoms.